The zero-order valence-electron chi connectivity index (χ0n) is 19.6. The maximum absolute atomic E-state index is 12.4. The first-order valence-corrected chi connectivity index (χ1v) is 14.4. The van der Waals surface area contributed by atoms with Gasteiger partial charge in [0.2, 0.25) is 0 Å². The Balaban J connectivity index is 1.66. The lowest BCUT2D eigenvalue weighted by atomic mass is 10.1. The van der Waals surface area contributed by atoms with Crippen molar-refractivity contribution in [1.29, 1.82) is 0 Å². The van der Waals surface area contributed by atoms with Crippen LogP contribution in [0.25, 0.3) is 5.65 Å². The molecule has 0 aliphatic rings. The Morgan fingerprint density at radius 2 is 1.48 bits per heavy atom. The third kappa shape index (κ3) is 8.41. The van der Waals surface area contributed by atoms with E-state index in [4.69, 9.17) is 11.6 Å². The molecule has 0 spiro atoms. The van der Waals surface area contributed by atoms with E-state index in [1.807, 2.05) is 0 Å². The smallest absolute Gasteiger partial charge is 0.196 e. The number of hydrogen-bond acceptors (Lipinski definition) is 4. The topological polar surface area (TPSA) is 80.1 Å². The first-order valence-electron chi connectivity index (χ1n) is 12.2. The van der Waals surface area contributed by atoms with Crippen LogP contribution >= 0.6 is 11.6 Å². The second-order valence-corrected chi connectivity index (χ2v) is 11.5. The number of unbranched alkanes of at least 4 members (excludes halogenated alkanes) is 9. The number of aromatic amines is 1. The number of H-pyrrole nitrogens is 1. The van der Waals surface area contributed by atoms with Gasteiger partial charge in [-0.3, -0.25) is 5.10 Å². The van der Waals surface area contributed by atoms with Gasteiger partial charge in [0.15, 0.2) is 11.5 Å². The van der Waals surface area contributed by atoms with Gasteiger partial charge in [0.05, 0.1) is 17.2 Å². The molecule has 0 saturated heterocycles. The molecule has 0 aliphatic heterocycles. The summed E-state index contributed by atoms with van der Waals surface area (Å²) < 4.78 is 26.5. The number of rotatable bonds is 17. The molecule has 8 heteroatoms. The molecule has 1 atom stereocenters. The summed E-state index contributed by atoms with van der Waals surface area (Å²) in [4.78, 5) is 0. The Labute approximate surface area is 193 Å². The number of hydrogen-bond donors (Lipinski definition) is 1. The molecule has 2 aromatic rings. The van der Waals surface area contributed by atoms with Crippen LogP contribution in [-0.4, -0.2) is 39.7 Å². The molecule has 1 unspecified atom stereocenters. The van der Waals surface area contributed by atoms with Crippen LogP contribution in [0.4, 0.5) is 0 Å². The fraction of sp³-hybridized carbons (Fsp3) is 0.826. The summed E-state index contributed by atoms with van der Waals surface area (Å²) >= 11 is 6.43. The van der Waals surface area contributed by atoms with E-state index >= 15 is 0 Å². The first kappa shape index (κ1) is 26.2. The van der Waals surface area contributed by atoms with Gasteiger partial charge in [-0.1, -0.05) is 90.2 Å². The molecule has 0 amide bonds. The predicted molar refractivity (Wildman–Crippen MR) is 130 cm³/mol. The summed E-state index contributed by atoms with van der Waals surface area (Å²) in [5.74, 6) is 1.54. The number of aryl methyl sites for hydroxylation is 1. The van der Waals surface area contributed by atoms with Crippen molar-refractivity contribution in [1.82, 2.24) is 19.8 Å². The average Bonchev–Trinajstić information content (AvgIpc) is 3.29. The van der Waals surface area contributed by atoms with E-state index in [-0.39, 0.29) is 5.75 Å². The van der Waals surface area contributed by atoms with E-state index < -0.39 is 9.84 Å². The number of fused-ring (bicyclic) bond motifs is 1. The minimum Gasteiger partial charge on any atom is -0.293 e. The van der Waals surface area contributed by atoms with Crippen LogP contribution in [0.3, 0.4) is 0 Å². The third-order valence-corrected chi connectivity index (χ3v) is 8.36. The van der Waals surface area contributed by atoms with Gasteiger partial charge >= 0.3 is 0 Å². The summed E-state index contributed by atoms with van der Waals surface area (Å²) in [6, 6.07) is 0. The molecule has 0 radical (unpaired) electrons. The van der Waals surface area contributed by atoms with Gasteiger partial charge in [-0.2, -0.15) is 0 Å². The molecule has 6 nitrogen and oxygen atoms in total. The highest BCUT2D eigenvalue weighted by Gasteiger charge is 2.19. The quantitative estimate of drug-likeness (QED) is 0.267. The van der Waals surface area contributed by atoms with Crippen LogP contribution in [-0.2, 0) is 16.3 Å². The Hall–Kier alpha value is -1.08. The molecule has 2 rings (SSSR count). The van der Waals surface area contributed by atoms with Crippen LogP contribution < -0.4 is 0 Å². The third-order valence-electron chi connectivity index (χ3n) is 6.16. The van der Waals surface area contributed by atoms with Gasteiger partial charge in [-0.15, -0.1) is 10.2 Å². The van der Waals surface area contributed by atoms with Crippen LogP contribution in [0, 0.1) is 0 Å². The second kappa shape index (κ2) is 13.5. The zero-order valence-corrected chi connectivity index (χ0v) is 21.2. The summed E-state index contributed by atoms with van der Waals surface area (Å²) in [5, 5.41) is 12.3. The second-order valence-electron chi connectivity index (χ2n) is 8.86. The Morgan fingerprint density at radius 3 is 2.10 bits per heavy atom. The molecular formula is C23H41ClN4O2S. The fourth-order valence-corrected chi connectivity index (χ4v) is 5.70. The summed E-state index contributed by atoms with van der Waals surface area (Å²) in [6.45, 7) is 6.47. The number of aromatic nitrogens is 4. The number of nitrogens with zero attached hydrogens (tertiary/aromatic N) is 3. The van der Waals surface area contributed by atoms with Crippen LogP contribution in [0.5, 0.6) is 0 Å². The molecule has 1 N–H and O–H groups in total. The maximum atomic E-state index is 12.4. The standard InChI is InChI=1S/C23H41ClN4O2S/c1-4-6-7-8-9-10-11-12-13-14-17-31(29,30)18-15-16-20-25-26-23-21(24)22(19(3)5-2)27-28(20)23/h19,27H,4-18H2,1-3H3. The van der Waals surface area contributed by atoms with E-state index in [0.717, 1.165) is 37.2 Å². The molecular weight excluding hydrogens is 432 g/mol. The van der Waals surface area contributed by atoms with Crippen molar-refractivity contribution in [3.63, 3.8) is 0 Å². The SMILES string of the molecule is CCCCCCCCCCCCS(=O)(=O)CCCc1nnc2c(Cl)c(C(C)CC)[nH]n12. The normalized spacial score (nSPS) is 13.3. The van der Waals surface area contributed by atoms with Gasteiger partial charge in [0, 0.05) is 6.42 Å². The lowest BCUT2D eigenvalue weighted by molar-refractivity contribution is 0.557. The molecule has 2 heterocycles. The lowest BCUT2D eigenvalue weighted by Crippen LogP contribution is -2.12. The molecule has 0 bridgehead atoms. The van der Waals surface area contributed by atoms with Gasteiger partial charge < -0.3 is 0 Å². The molecule has 31 heavy (non-hydrogen) atoms. The molecule has 0 saturated carbocycles. The van der Waals surface area contributed by atoms with E-state index in [1.54, 1.807) is 4.52 Å². The number of halogens is 1. The van der Waals surface area contributed by atoms with Crippen LogP contribution in [0.2, 0.25) is 5.02 Å². The van der Waals surface area contributed by atoms with Crippen molar-refractivity contribution < 1.29 is 8.42 Å². The van der Waals surface area contributed by atoms with Crippen LogP contribution in [0.1, 0.15) is 115 Å². The molecule has 0 aliphatic carbocycles. The highest BCUT2D eigenvalue weighted by atomic mass is 35.5. The van der Waals surface area contributed by atoms with E-state index in [9.17, 15) is 8.42 Å². The van der Waals surface area contributed by atoms with Crippen molar-refractivity contribution >= 4 is 27.1 Å². The van der Waals surface area contributed by atoms with Crippen molar-refractivity contribution in [3.05, 3.63) is 16.5 Å². The largest absolute Gasteiger partial charge is 0.293 e. The molecule has 0 fully saturated rings. The summed E-state index contributed by atoms with van der Waals surface area (Å²) in [6.07, 6.45) is 14.2. The summed E-state index contributed by atoms with van der Waals surface area (Å²) in [7, 11) is -3.01. The van der Waals surface area contributed by atoms with Gasteiger partial charge in [0.1, 0.15) is 14.9 Å². The minimum absolute atomic E-state index is 0.200. The minimum atomic E-state index is -3.01. The molecule has 2 aromatic heterocycles. The highest BCUT2D eigenvalue weighted by Crippen LogP contribution is 2.29. The molecule has 0 aromatic carbocycles. The maximum Gasteiger partial charge on any atom is 0.196 e. The van der Waals surface area contributed by atoms with Crippen molar-refractivity contribution in [2.45, 2.75) is 110 Å². The Kier molecular flexibility index (Phi) is 11.4. The van der Waals surface area contributed by atoms with Crippen molar-refractivity contribution in [3.8, 4) is 0 Å². The number of nitrogens with one attached hydrogen (secondary N) is 1. The van der Waals surface area contributed by atoms with Gasteiger partial charge in [-0.25, -0.2) is 12.9 Å². The van der Waals surface area contributed by atoms with E-state index in [1.165, 1.54) is 44.9 Å². The average molecular weight is 473 g/mol. The van der Waals surface area contributed by atoms with Crippen molar-refractivity contribution in [2.75, 3.05) is 11.5 Å². The van der Waals surface area contributed by atoms with Crippen molar-refractivity contribution in [2.24, 2.45) is 0 Å². The monoisotopic (exact) mass is 472 g/mol. The van der Waals surface area contributed by atoms with Gasteiger partial charge in [0.25, 0.3) is 0 Å². The summed E-state index contributed by atoms with van der Waals surface area (Å²) in [5.41, 5.74) is 1.59. The first-order chi connectivity index (χ1) is 14.9. The number of sulfone groups is 1. The highest BCUT2D eigenvalue weighted by molar-refractivity contribution is 7.91. The van der Waals surface area contributed by atoms with E-state index in [2.05, 4.69) is 36.1 Å². The lowest BCUT2D eigenvalue weighted by Gasteiger charge is -2.06. The Bertz CT molecular complexity index is 876. The Morgan fingerprint density at radius 1 is 0.903 bits per heavy atom. The fourth-order valence-electron chi connectivity index (χ4n) is 3.92. The van der Waals surface area contributed by atoms with E-state index in [0.29, 0.717) is 35.2 Å². The zero-order chi connectivity index (χ0) is 22.7. The molecule has 178 valence electrons. The van der Waals surface area contributed by atoms with Gasteiger partial charge in [-0.05, 0) is 25.2 Å². The van der Waals surface area contributed by atoms with Crippen LogP contribution in [0.15, 0.2) is 0 Å². The predicted octanol–water partition coefficient (Wildman–Crippen LogP) is 6.49.